The number of hydrogen-bond acceptors (Lipinski definition) is 3. The number of aliphatic carboxylic acids is 1. The average Bonchev–Trinajstić information content (AvgIpc) is 3.19. The number of carboxylic acid groups (broad SMARTS) is 1. The number of hydrogen-bond donors (Lipinski definition) is 1. The van der Waals surface area contributed by atoms with Crippen molar-refractivity contribution in [2.45, 2.75) is 45.7 Å². The van der Waals surface area contributed by atoms with Crippen molar-refractivity contribution in [1.29, 1.82) is 0 Å². The molecule has 0 bridgehead atoms. The predicted octanol–water partition coefficient (Wildman–Crippen LogP) is 3.08. The fraction of sp³-hybridized carbons (Fsp3) is 0.429. The summed E-state index contributed by atoms with van der Waals surface area (Å²) in [4.78, 5) is 25.9. The number of Topliss-reactive ketones (excluding diaryl/α,β-unsaturated/α-hetero) is 1. The first kappa shape index (κ1) is 18.4. The third kappa shape index (κ3) is 3.88. The molecule has 0 radical (unpaired) electrons. The molecule has 5 nitrogen and oxygen atoms in total. The van der Waals surface area contributed by atoms with Gasteiger partial charge in [-0.15, -0.1) is 0 Å². The van der Waals surface area contributed by atoms with Crippen LogP contribution in [-0.2, 0) is 17.8 Å². The lowest BCUT2D eigenvalue weighted by atomic mass is 10.1. The Kier molecular flexibility index (Phi) is 5.57. The molecule has 1 fully saturated rings. The highest BCUT2D eigenvalue weighted by molar-refractivity contribution is 5.99. The van der Waals surface area contributed by atoms with Crippen molar-refractivity contribution in [2.75, 3.05) is 13.1 Å². The largest absolute Gasteiger partial charge is 0.480 e. The Labute approximate surface area is 154 Å². The Morgan fingerprint density at radius 1 is 1.19 bits per heavy atom. The zero-order valence-corrected chi connectivity index (χ0v) is 15.4. The third-order valence-electron chi connectivity index (χ3n) is 5.34. The van der Waals surface area contributed by atoms with Gasteiger partial charge in [-0.05, 0) is 51.3 Å². The van der Waals surface area contributed by atoms with Crippen molar-refractivity contribution in [3.8, 4) is 0 Å². The molecule has 1 aromatic carbocycles. The summed E-state index contributed by atoms with van der Waals surface area (Å²) in [7, 11) is 0. The Morgan fingerprint density at radius 2 is 1.92 bits per heavy atom. The molecule has 1 aromatic heterocycles. The normalized spacial score (nSPS) is 17.5. The van der Waals surface area contributed by atoms with Gasteiger partial charge in [0, 0.05) is 23.5 Å². The summed E-state index contributed by atoms with van der Waals surface area (Å²) in [5.74, 6) is -0.819. The average molecular weight is 354 g/mol. The van der Waals surface area contributed by atoms with E-state index in [0.29, 0.717) is 18.5 Å². The van der Waals surface area contributed by atoms with E-state index in [-0.39, 0.29) is 12.3 Å². The fourth-order valence-corrected chi connectivity index (χ4v) is 3.88. The first-order chi connectivity index (χ1) is 12.5. The van der Waals surface area contributed by atoms with Gasteiger partial charge in [-0.3, -0.25) is 14.5 Å². The van der Waals surface area contributed by atoms with Crippen LogP contribution in [0.5, 0.6) is 0 Å². The maximum atomic E-state index is 12.8. The van der Waals surface area contributed by atoms with Crippen LogP contribution in [0.1, 0.15) is 40.2 Å². The summed E-state index contributed by atoms with van der Waals surface area (Å²) in [5.41, 5.74) is 4.02. The van der Waals surface area contributed by atoms with Gasteiger partial charge in [-0.25, -0.2) is 0 Å². The van der Waals surface area contributed by atoms with Gasteiger partial charge < -0.3 is 9.67 Å². The first-order valence-electron chi connectivity index (χ1n) is 9.18. The van der Waals surface area contributed by atoms with Gasteiger partial charge in [-0.2, -0.15) is 0 Å². The topological polar surface area (TPSA) is 62.5 Å². The summed E-state index contributed by atoms with van der Waals surface area (Å²) in [6, 6.07) is 11.7. The summed E-state index contributed by atoms with van der Waals surface area (Å²) >= 11 is 0. The van der Waals surface area contributed by atoms with Crippen LogP contribution in [0.4, 0.5) is 0 Å². The van der Waals surface area contributed by atoms with E-state index in [1.165, 1.54) is 5.56 Å². The number of benzene rings is 1. The van der Waals surface area contributed by atoms with Gasteiger partial charge in [0.1, 0.15) is 6.04 Å². The lowest BCUT2D eigenvalue weighted by molar-refractivity contribution is -0.141. The van der Waals surface area contributed by atoms with Gasteiger partial charge in [0.05, 0.1) is 6.54 Å². The molecule has 1 saturated heterocycles. The Bertz CT molecular complexity index is 795. The monoisotopic (exact) mass is 354 g/mol. The minimum atomic E-state index is -0.830. The van der Waals surface area contributed by atoms with Crippen molar-refractivity contribution in [1.82, 2.24) is 9.47 Å². The van der Waals surface area contributed by atoms with E-state index in [1.807, 2.05) is 38.1 Å². The van der Waals surface area contributed by atoms with Gasteiger partial charge in [0.25, 0.3) is 0 Å². The molecule has 0 unspecified atom stereocenters. The number of ketones is 1. The van der Waals surface area contributed by atoms with Crippen LogP contribution in [0, 0.1) is 13.8 Å². The van der Waals surface area contributed by atoms with Crippen molar-refractivity contribution >= 4 is 11.8 Å². The second kappa shape index (κ2) is 7.87. The maximum Gasteiger partial charge on any atom is 0.320 e. The number of nitrogens with zero attached hydrogens (tertiary/aromatic N) is 2. The van der Waals surface area contributed by atoms with Crippen LogP contribution >= 0.6 is 0 Å². The van der Waals surface area contributed by atoms with Gasteiger partial charge in [-0.1, -0.05) is 30.3 Å². The van der Waals surface area contributed by atoms with E-state index in [4.69, 9.17) is 0 Å². The number of carbonyl (C=O) groups excluding carboxylic acids is 1. The summed E-state index contributed by atoms with van der Waals surface area (Å²) in [6.45, 7) is 5.68. The van der Waals surface area contributed by atoms with Crippen LogP contribution in [0.25, 0.3) is 0 Å². The molecular weight excluding hydrogens is 328 g/mol. The molecule has 0 aliphatic carbocycles. The summed E-state index contributed by atoms with van der Waals surface area (Å²) < 4.78 is 2.18. The molecule has 2 heterocycles. The van der Waals surface area contributed by atoms with E-state index < -0.39 is 12.0 Å². The number of rotatable bonds is 7. The highest BCUT2D eigenvalue weighted by Crippen LogP contribution is 2.21. The molecule has 5 heteroatoms. The Morgan fingerprint density at radius 3 is 2.62 bits per heavy atom. The van der Waals surface area contributed by atoms with E-state index in [1.54, 1.807) is 4.90 Å². The number of aryl methyl sites for hydroxylation is 2. The standard InChI is InChI=1S/C21H26N2O3/c1-15-13-18(20(24)14-22-11-6-9-19(22)21(25)26)16(2)23(15)12-10-17-7-4-3-5-8-17/h3-5,7-8,13,19H,6,9-12,14H2,1-2H3,(H,25,26)/t19-/m1/s1. The SMILES string of the molecule is Cc1cc(C(=O)CN2CCC[C@@H]2C(=O)O)c(C)n1CCc1ccccc1. The molecule has 1 N–H and O–H groups in total. The summed E-state index contributed by atoms with van der Waals surface area (Å²) in [5, 5.41) is 9.29. The predicted molar refractivity (Wildman–Crippen MR) is 101 cm³/mol. The number of carbonyl (C=O) groups is 2. The second-order valence-electron chi connectivity index (χ2n) is 7.06. The molecule has 0 spiro atoms. The summed E-state index contributed by atoms with van der Waals surface area (Å²) in [6.07, 6.45) is 2.37. The molecule has 138 valence electrons. The second-order valence-corrected chi connectivity index (χ2v) is 7.06. The maximum absolute atomic E-state index is 12.8. The van der Waals surface area contributed by atoms with Crippen LogP contribution < -0.4 is 0 Å². The van der Waals surface area contributed by atoms with E-state index >= 15 is 0 Å². The van der Waals surface area contributed by atoms with Crippen LogP contribution in [0.2, 0.25) is 0 Å². The lowest BCUT2D eigenvalue weighted by Gasteiger charge is -2.20. The minimum absolute atomic E-state index is 0.0113. The molecule has 1 aliphatic heterocycles. The molecule has 1 aliphatic rings. The number of carboxylic acids is 1. The van der Waals surface area contributed by atoms with Crippen LogP contribution in [-0.4, -0.2) is 45.5 Å². The van der Waals surface area contributed by atoms with E-state index in [2.05, 4.69) is 16.7 Å². The van der Waals surface area contributed by atoms with Crippen molar-refractivity contribution in [3.05, 3.63) is 58.9 Å². The van der Waals surface area contributed by atoms with Crippen molar-refractivity contribution < 1.29 is 14.7 Å². The van der Waals surface area contributed by atoms with Crippen molar-refractivity contribution in [3.63, 3.8) is 0 Å². The lowest BCUT2D eigenvalue weighted by Crippen LogP contribution is -2.39. The van der Waals surface area contributed by atoms with E-state index in [9.17, 15) is 14.7 Å². The zero-order valence-electron chi connectivity index (χ0n) is 15.4. The third-order valence-corrected chi connectivity index (χ3v) is 5.34. The number of likely N-dealkylation sites (tertiary alicyclic amines) is 1. The molecule has 0 saturated carbocycles. The quantitative estimate of drug-likeness (QED) is 0.776. The minimum Gasteiger partial charge on any atom is -0.480 e. The fourth-order valence-electron chi connectivity index (χ4n) is 3.88. The molecule has 3 rings (SSSR count). The van der Waals surface area contributed by atoms with Crippen molar-refractivity contribution in [2.24, 2.45) is 0 Å². The number of aromatic nitrogens is 1. The van der Waals surface area contributed by atoms with Gasteiger partial charge >= 0.3 is 5.97 Å². The Balaban J connectivity index is 1.70. The van der Waals surface area contributed by atoms with Gasteiger partial charge in [0.15, 0.2) is 5.78 Å². The smallest absolute Gasteiger partial charge is 0.320 e. The molecule has 1 atom stereocenters. The van der Waals surface area contributed by atoms with Gasteiger partial charge in [0.2, 0.25) is 0 Å². The van der Waals surface area contributed by atoms with Crippen LogP contribution in [0.3, 0.4) is 0 Å². The molecule has 26 heavy (non-hydrogen) atoms. The first-order valence-corrected chi connectivity index (χ1v) is 9.18. The zero-order chi connectivity index (χ0) is 18.7. The van der Waals surface area contributed by atoms with Crippen LogP contribution in [0.15, 0.2) is 36.4 Å². The molecule has 2 aromatic rings. The Hall–Kier alpha value is -2.40. The molecule has 0 amide bonds. The van der Waals surface area contributed by atoms with E-state index in [0.717, 1.165) is 30.8 Å². The molecular formula is C21H26N2O3. The highest BCUT2D eigenvalue weighted by Gasteiger charge is 2.32. The highest BCUT2D eigenvalue weighted by atomic mass is 16.4.